The van der Waals surface area contributed by atoms with Gasteiger partial charge in [0.15, 0.2) is 0 Å². The second-order valence-corrected chi connectivity index (χ2v) is 10.4. The van der Waals surface area contributed by atoms with Gasteiger partial charge in [0, 0.05) is 54.5 Å². The number of alkyl halides is 2. The molecule has 0 bridgehead atoms. The normalized spacial score (nSPS) is 23.4. The molecule has 0 atom stereocenters. The van der Waals surface area contributed by atoms with E-state index in [2.05, 4.69) is 16.6 Å². The zero-order chi connectivity index (χ0) is 22.5. The molecule has 5 nitrogen and oxygen atoms in total. The van der Waals surface area contributed by atoms with Gasteiger partial charge in [0.25, 0.3) is 5.91 Å². The summed E-state index contributed by atoms with van der Waals surface area (Å²) in [5.74, 6) is -2.32. The molecule has 1 amide bonds. The largest absolute Gasteiger partial charge is 0.381 e. The lowest BCUT2D eigenvalue weighted by Crippen LogP contribution is -2.38. The van der Waals surface area contributed by atoms with Crippen molar-refractivity contribution in [2.24, 2.45) is 5.92 Å². The van der Waals surface area contributed by atoms with Gasteiger partial charge in [-0.3, -0.25) is 4.79 Å². The van der Waals surface area contributed by atoms with Crippen molar-refractivity contribution in [3.8, 4) is 0 Å². The maximum Gasteiger partial charge on any atom is 0.251 e. The highest BCUT2D eigenvalue weighted by Gasteiger charge is 2.44. The van der Waals surface area contributed by atoms with E-state index in [9.17, 15) is 13.6 Å². The van der Waals surface area contributed by atoms with Crippen molar-refractivity contribution in [3.05, 3.63) is 34.8 Å². The van der Waals surface area contributed by atoms with Crippen molar-refractivity contribution in [1.82, 2.24) is 14.7 Å². The number of aryl methyl sites for hydroxylation is 1. The van der Waals surface area contributed by atoms with Crippen LogP contribution in [0.25, 0.3) is 5.65 Å². The van der Waals surface area contributed by atoms with E-state index in [1.54, 1.807) is 0 Å². The molecule has 2 aliphatic carbocycles. The molecule has 0 radical (unpaired) electrons. The standard InChI is InChI=1S/C25H33F2N3O2/c1-16-13-18(23(31)28-19-5-11-32-12-6-19)15-21-29-22(24(2)9-10-24)20(30(16)21)14-17-3-7-25(26,27)8-4-17/h13,15,17,19H,3-12,14H2,1-2H3,(H,28,31). The molecule has 5 rings (SSSR count). The van der Waals surface area contributed by atoms with Crippen LogP contribution >= 0.6 is 0 Å². The average Bonchev–Trinajstić information content (AvgIpc) is 3.39. The van der Waals surface area contributed by atoms with Crippen molar-refractivity contribution >= 4 is 11.6 Å². The molecule has 3 fully saturated rings. The fraction of sp³-hybridized carbons (Fsp3) is 0.680. The number of rotatable bonds is 5. The van der Waals surface area contributed by atoms with Gasteiger partial charge in [-0.25, -0.2) is 13.8 Å². The van der Waals surface area contributed by atoms with Crippen molar-refractivity contribution in [3.63, 3.8) is 0 Å². The molecule has 0 unspecified atom stereocenters. The molecule has 1 aliphatic heterocycles. The minimum Gasteiger partial charge on any atom is -0.381 e. The highest BCUT2D eigenvalue weighted by molar-refractivity contribution is 5.95. The highest BCUT2D eigenvalue weighted by Crippen LogP contribution is 2.49. The van der Waals surface area contributed by atoms with Gasteiger partial charge in [-0.05, 0) is 69.9 Å². The van der Waals surface area contributed by atoms with E-state index in [4.69, 9.17) is 9.72 Å². The van der Waals surface area contributed by atoms with Crippen molar-refractivity contribution < 1.29 is 18.3 Å². The second-order valence-electron chi connectivity index (χ2n) is 10.4. The lowest BCUT2D eigenvalue weighted by atomic mass is 9.83. The van der Waals surface area contributed by atoms with E-state index in [1.807, 2.05) is 19.1 Å². The third-order valence-corrected chi connectivity index (χ3v) is 7.71. The summed E-state index contributed by atoms with van der Waals surface area (Å²) in [7, 11) is 0. The van der Waals surface area contributed by atoms with Gasteiger partial charge in [0.05, 0.1) is 5.69 Å². The summed E-state index contributed by atoms with van der Waals surface area (Å²) in [5, 5.41) is 3.14. The van der Waals surface area contributed by atoms with E-state index in [0.717, 1.165) is 54.8 Å². The Morgan fingerprint density at radius 3 is 2.50 bits per heavy atom. The van der Waals surface area contributed by atoms with E-state index in [0.29, 0.717) is 31.6 Å². The van der Waals surface area contributed by atoms with Crippen LogP contribution in [-0.4, -0.2) is 40.5 Å². The highest BCUT2D eigenvalue weighted by atomic mass is 19.3. The lowest BCUT2D eigenvalue weighted by molar-refractivity contribution is -0.0457. The Hall–Kier alpha value is -2.02. The first-order valence-corrected chi connectivity index (χ1v) is 12.0. The van der Waals surface area contributed by atoms with Crippen LogP contribution in [0.1, 0.15) is 85.7 Å². The number of halogens is 2. The monoisotopic (exact) mass is 445 g/mol. The molecule has 3 heterocycles. The Morgan fingerprint density at radius 1 is 1.16 bits per heavy atom. The predicted molar refractivity (Wildman–Crippen MR) is 118 cm³/mol. The summed E-state index contributed by atoms with van der Waals surface area (Å²) < 4.78 is 34.9. The van der Waals surface area contributed by atoms with Crippen molar-refractivity contribution in [2.45, 2.75) is 89.0 Å². The van der Waals surface area contributed by atoms with E-state index >= 15 is 0 Å². The third-order valence-electron chi connectivity index (χ3n) is 7.71. The first kappa shape index (κ1) is 21.8. The summed E-state index contributed by atoms with van der Waals surface area (Å²) in [4.78, 5) is 17.9. The molecule has 174 valence electrons. The Kier molecular flexibility index (Phi) is 5.51. The number of hydrogen-bond donors (Lipinski definition) is 1. The first-order valence-electron chi connectivity index (χ1n) is 12.0. The number of ether oxygens (including phenoxy) is 1. The van der Waals surface area contributed by atoms with Gasteiger partial charge in [0.2, 0.25) is 5.92 Å². The minimum absolute atomic E-state index is 0.0173. The quantitative estimate of drug-likeness (QED) is 0.707. The maximum atomic E-state index is 13.7. The van der Waals surface area contributed by atoms with Crippen LogP contribution in [0.4, 0.5) is 8.78 Å². The molecule has 2 aromatic heterocycles. The fourth-order valence-corrected chi connectivity index (χ4v) is 5.35. The Morgan fingerprint density at radius 2 is 1.84 bits per heavy atom. The number of aromatic nitrogens is 2. The summed E-state index contributed by atoms with van der Waals surface area (Å²) in [5.41, 5.74) is 4.71. The zero-order valence-corrected chi connectivity index (χ0v) is 19.1. The van der Waals surface area contributed by atoms with Crippen LogP contribution in [-0.2, 0) is 16.6 Å². The number of carbonyl (C=O) groups is 1. The minimum atomic E-state index is -2.51. The van der Waals surface area contributed by atoms with Crippen LogP contribution < -0.4 is 5.32 Å². The second kappa shape index (κ2) is 8.08. The average molecular weight is 446 g/mol. The van der Waals surface area contributed by atoms with Crippen LogP contribution in [0.5, 0.6) is 0 Å². The molecule has 32 heavy (non-hydrogen) atoms. The van der Waals surface area contributed by atoms with Crippen LogP contribution in [0.3, 0.4) is 0 Å². The van der Waals surface area contributed by atoms with Gasteiger partial charge >= 0.3 is 0 Å². The third kappa shape index (κ3) is 4.28. The van der Waals surface area contributed by atoms with Crippen LogP contribution in [0.15, 0.2) is 12.1 Å². The number of carbonyl (C=O) groups excluding carboxylic acids is 1. The van der Waals surface area contributed by atoms with Gasteiger partial charge in [-0.1, -0.05) is 6.92 Å². The smallest absolute Gasteiger partial charge is 0.251 e. The predicted octanol–water partition coefficient (Wildman–Crippen LogP) is 4.97. The summed E-state index contributed by atoms with van der Waals surface area (Å²) in [6.07, 6.45) is 5.73. The van der Waals surface area contributed by atoms with E-state index in [1.165, 1.54) is 0 Å². The number of nitrogens with one attached hydrogen (secondary N) is 1. The molecule has 3 aliphatic rings. The number of imidazole rings is 1. The van der Waals surface area contributed by atoms with Crippen molar-refractivity contribution in [1.29, 1.82) is 0 Å². The molecule has 1 N–H and O–H groups in total. The molecular formula is C25H33F2N3O2. The first-order chi connectivity index (χ1) is 15.2. The fourth-order valence-electron chi connectivity index (χ4n) is 5.35. The summed E-state index contributed by atoms with van der Waals surface area (Å²) >= 11 is 0. The van der Waals surface area contributed by atoms with Crippen LogP contribution in [0.2, 0.25) is 0 Å². The van der Waals surface area contributed by atoms with E-state index < -0.39 is 5.92 Å². The van der Waals surface area contributed by atoms with Crippen molar-refractivity contribution in [2.75, 3.05) is 13.2 Å². The Labute approximate surface area is 187 Å². The molecule has 2 aromatic rings. The zero-order valence-electron chi connectivity index (χ0n) is 19.1. The van der Waals surface area contributed by atoms with Gasteiger partial charge in [-0.2, -0.15) is 0 Å². The number of amides is 1. The van der Waals surface area contributed by atoms with Gasteiger partial charge < -0.3 is 14.5 Å². The molecule has 2 saturated carbocycles. The topological polar surface area (TPSA) is 55.6 Å². The van der Waals surface area contributed by atoms with Gasteiger partial charge in [-0.15, -0.1) is 0 Å². The maximum absolute atomic E-state index is 13.7. The summed E-state index contributed by atoms with van der Waals surface area (Å²) in [6, 6.07) is 3.96. The molecular weight excluding hydrogens is 412 g/mol. The molecule has 7 heteroatoms. The number of fused-ring (bicyclic) bond motifs is 1. The van der Waals surface area contributed by atoms with E-state index in [-0.39, 0.29) is 36.1 Å². The number of pyridine rings is 1. The Balaban J connectivity index is 1.44. The summed E-state index contributed by atoms with van der Waals surface area (Å²) in [6.45, 7) is 5.61. The molecule has 1 saturated heterocycles. The number of nitrogens with zero attached hydrogens (tertiary/aromatic N) is 2. The SMILES string of the molecule is Cc1cc(C(=O)NC2CCOCC2)cc2nc(C3(C)CC3)c(CC3CCC(F)(F)CC3)n12. The number of hydrogen-bond acceptors (Lipinski definition) is 3. The Bertz CT molecular complexity index is 1010. The lowest BCUT2D eigenvalue weighted by Gasteiger charge is -2.28. The molecule has 0 spiro atoms. The van der Waals surface area contributed by atoms with Gasteiger partial charge in [0.1, 0.15) is 5.65 Å². The van der Waals surface area contributed by atoms with Crippen LogP contribution in [0, 0.1) is 12.8 Å². The molecule has 0 aromatic carbocycles.